The smallest absolute Gasteiger partial charge is 0.338 e. The van der Waals surface area contributed by atoms with E-state index in [-0.39, 0.29) is 117 Å². The van der Waals surface area contributed by atoms with Gasteiger partial charge in [-0.3, -0.25) is 48.4 Å². The highest BCUT2D eigenvalue weighted by Gasteiger charge is 2.20. The third-order valence-electron chi connectivity index (χ3n) is 18.2. The van der Waals surface area contributed by atoms with Gasteiger partial charge in [0.15, 0.2) is 0 Å². The number of H-pyrrole nitrogens is 1. The van der Waals surface area contributed by atoms with Crippen LogP contribution in [0, 0.1) is 18.3 Å². The van der Waals surface area contributed by atoms with E-state index in [1.54, 1.807) is 51.8 Å². The summed E-state index contributed by atoms with van der Waals surface area (Å²) in [4.78, 5) is 122. The lowest BCUT2D eigenvalue weighted by Gasteiger charge is -2.09. The van der Waals surface area contributed by atoms with E-state index in [2.05, 4.69) is 155 Å². The molecular weight excluding hydrogens is 1770 g/mol. The number of aryl methyl sites for hydroxylation is 3. The zero-order valence-electron chi connectivity index (χ0n) is 70.7. The van der Waals surface area contributed by atoms with Gasteiger partial charge in [0.2, 0.25) is 0 Å². The van der Waals surface area contributed by atoms with Crippen LogP contribution in [0.15, 0.2) is 200 Å². The second-order valence-corrected chi connectivity index (χ2v) is 31.1. The monoisotopic (exact) mass is 1870 g/mol. The Morgan fingerprint density at radius 1 is 0.460 bits per heavy atom. The zero-order chi connectivity index (χ0) is 92.3. The molecule has 0 amide bonds. The molecule has 8 aromatic carbocycles. The number of esters is 2. The largest absolute Gasteiger partial charge is 0.497 e. The van der Waals surface area contributed by atoms with Crippen molar-refractivity contribution in [2.75, 3.05) is 81.6 Å². The van der Waals surface area contributed by atoms with Crippen LogP contribution >= 0.6 is 112 Å². The molecule has 0 atom stereocenters. The predicted molar refractivity (Wildman–Crippen MR) is 521 cm³/mol. The van der Waals surface area contributed by atoms with Crippen molar-refractivity contribution >= 4 is 181 Å². The molecule has 0 bridgehead atoms. The van der Waals surface area contributed by atoms with Gasteiger partial charge in [-0.15, -0.1) is 11.3 Å². The highest BCUT2D eigenvalue weighted by atomic mass is 32.1. The van der Waals surface area contributed by atoms with Crippen molar-refractivity contribution in [2.24, 2.45) is 0 Å². The third-order valence-corrected chi connectivity index (χ3v) is 22.0. The highest BCUT2D eigenvalue weighted by Crippen LogP contribution is 2.29. The molecule has 3 aromatic heterocycles. The van der Waals surface area contributed by atoms with E-state index >= 15 is 0 Å². The van der Waals surface area contributed by atoms with Gasteiger partial charge in [-0.05, 0) is 149 Å². The van der Waals surface area contributed by atoms with Crippen LogP contribution in [0.25, 0.3) is 21.5 Å². The maximum absolute atomic E-state index is 11.6. The fourth-order valence-electron chi connectivity index (χ4n) is 11.7. The van der Waals surface area contributed by atoms with E-state index in [1.165, 1.54) is 74.1 Å². The predicted octanol–water partition coefficient (Wildman–Crippen LogP) is 15.6. The van der Waals surface area contributed by atoms with E-state index < -0.39 is 11.9 Å². The van der Waals surface area contributed by atoms with Crippen molar-refractivity contribution in [3.63, 3.8) is 0 Å². The molecule has 2 N–H and O–H groups in total. The number of carbonyl (C=O) groups excluding carboxylic acids is 10. The number of methoxy groups -OCH3 is 5. The number of nitriles is 1. The third kappa shape index (κ3) is 38.1. The number of hydrogen-bond donors (Lipinski definition) is 10. The molecule has 0 saturated heterocycles. The average molecular weight is 1880 g/mol. The lowest BCUT2D eigenvalue weighted by atomic mass is 9.99. The van der Waals surface area contributed by atoms with E-state index in [4.69, 9.17) is 29.3 Å². The Balaban J connectivity index is 0.000000256. The topological polar surface area (TPSA) is 325 Å². The van der Waals surface area contributed by atoms with E-state index in [0.717, 1.165) is 82.6 Å². The van der Waals surface area contributed by atoms with Gasteiger partial charge in [-0.2, -0.15) is 111 Å². The minimum absolute atomic E-state index is 0.0127. The summed E-state index contributed by atoms with van der Waals surface area (Å²) < 4.78 is 31.4. The van der Waals surface area contributed by atoms with E-state index in [0.29, 0.717) is 79.2 Å². The van der Waals surface area contributed by atoms with E-state index in [9.17, 15) is 47.9 Å². The molecule has 0 aliphatic heterocycles. The number of ether oxygens (including phenoxy) is 6. The Kier molecular flexibility index (Phi) is 50.3. The summed E-state index contributed by atoms with van der Waals surface area (Å²) in [6, 6.07) is 62.2. The Labute approximate surface area is 783 Å². The number of aliphatic hydroxyl groups excluding tert-OH is 1. The van der Waals surface area contributed by atoms with E-state index in [1.807, 2.05) is 140 Å². The number of hydrogen-bond acceptors (Lipinski definition) is 30. The summed E-state index contributed by atoms with van der Waals surface area (Å²) in [5.41, 5.74) is 15.4. The second-order valence-electron chi connectivity index (χ2n) is 27.5. The lowest BCUT2D eigenvalue weighted by molar-refractivity contribution is -0.116. The minimum Gasteiger partial charge on any atom is -0.497 e. The van der Waals surface area contributed by atoms with Gasteiger partial charge in [0.1, 0.15) is 80.9 Å². The standard InChI is InChI=1S/C15H15NO2S.C13H14O5S.C12H12N2OS.C12H14OS.C11H11NO2S2.C11H11NOS.C11H14O3S.C10H12O2S/c17-13(11-19)9-14-15(7-4-8-16-14)18-10-12-5-2-1-3-6-12;1-17-12(15)8-3-4-11(13(16)18-2)9(5-8)6-10(14)7-19;15-11(8-16)6-10-7-12(14-13-10)9-4-2-1-3-5-9;13-12(8-14)7-9-4-5-10-2-1-3-11(10)6-9;1-14-8-2-3-9-10(5-8)16-11(12-9)4-7(13)6-15;1-8-3-2-4-9(11(8)6-12)5-10(13)7-14;1-13-10-3-4-11(14-2)8(6-10)5-9(12)7-15;11-6-9-3-1-8(2-4-9)5-10(12)7-13/h1-8,19H,9-11H2;3-5,19H,6-7H2,1-2H3;1-5,7,16H,6,8H2,(H,13,14);4-6,14H,1-3,7-8H2;2-3,5,15H,4,6H2,1H3;2-4,14H,5,7H2,1H3;3-4,6,15H,5,7H2,1-2H3;1-4,11,13H,5-7H2. The summed E-state index contributed by atoms with van der Waals surface area (Å²) in [6.07, 6.45) is 7.90. The fraction of sp³-hybridized carbons (Fsp3) is 0.284. The lowest BCUT2D eigenvalue weighted by Crippen LogP contribution is -2.13. The van der Waals surface area contributed by atoms with Crippen LogP contribution in [0.2, 0.25) is 0 Å². The van der Waals surface area contributed by atoms with Crippen molar-refractivity contribution in [3.05, 3.63) is 289 Å². The Bertz CT molecular complexity index is 5420. The number of fused-ring (bicyclic) bond motifs is 2. The summed E-state index contributed by atoms with van der Waals surface area (Å²) >= 11 is 33.0. The molecular formula is C95H103N5O17S9. The van der Waals surface area contributed by atoms with Crippen LogP contribution in [0.1, 0.15) is 105 Å². The molecule has 0 spiro atoms. The maximum Gasteiger partial charge on any atom is 0.338 e. The fourth-order valence-corrected chi connectivity index (χ4v) is 13.7. The van der Waals surface area contributed by atoms with Gasteiger partial charge in [0, 0.05) is 108 Å². The number of aliphatic hydroxyl groups is 1. The Morgan fingerprint density at radius 3 is 1.60 bits per heavy atom. The number of aromatic nitrogens is 4. The highest BCUT2D eigenvalue weighted by molar-refractivity contribution is 7.82. The van der Waals surface area contributed by atoms with Crippen LogP contribution < -0.4 is 18.9 Å². The van der Waals surface area contributed by atoms with Gasteiger partial charge < -0.3 is 33.5 Å². The number of pyridine rings is 1. The number of nitrogens with one attached hydrogen (secondary N) is 1. The zero-order valence-corrected chi connectivity index (χ0v) is 78.6. The normalized spacial score (nSPS) is 10.5. The molecule has 3 heterocycles. The molecule has 12 rings (SSSR count). The van der Waals surface area contributed by atoms with Gasteiger partial charge in [0.05, 0.1) is 99.4 Å². The number of benzene rings is 8. The second kappa shape index (κ2) is 59.7. The summed E-state index contributed by atoms with van der Waals surface area (Å²) in [5.74, 6) is 4.15. The average Bonchev–Trinajstić information content (AvgIpc) is 1.06. The molecule has 0 unspecified atom stereocenters. The number of ketones is 8. The molecule has 0 fully saturated rings. The molecule has 0 saturated carbocycles. The number of aromatic amines is 1. The number of thiol groups is 8. The first-order valence-corrected chi connectivity index (χ1v) is 45.1. The molecule has 664 valence electrons. The van der Waals surface area contributed by atoms with Crippen molar-refractivity contribution in [3.8, 4) is 40.3 Å². The number of thiazole rings is 1. The molecule has 1 aliphatic rings. The first-order valence-electron chi connectivity index (χ1n) is 39.2. The Hall–Kier alpha value is -10.2. The van der Waals surface area contributed by atoms with Crippen molar-refractivity contribution in [1.29, 1.82) is 5.26 Å². The van der Waals surface area contributed by atoms with Crippen molar-refractivity contribution in [2.45, 2.75) is 90.8 Å². The van der Waals surface area contributed by atoms with Gasteiger partial charge in [-0.1, -0.05) is 121 Å². The van der Waals surface area contributed by atoms with Crippen LogP contribution in [-0.2, 0) is 125 Å². The van der Waals surface area contributed by atoms with Gasteiger partial charge in [-0.25, -0.2) is 14.6 Å². The quantitative estimate of drug-likeness (QED) is 0.0132. The Morgan fingerprint density at radius 2 is 1.00 bits per heavy atom. The van der Waals surface area contributed by atoms with Crippen LogP contribution in [-0.4, -0.2) is 165 Å². The SMILES string of the molecule is COC(=O)c1ccc(C(=O)OC)c(CC(=O)CS)c1.COc1ccc(OC)c(CC(=O)CS)c1.COc1ccc2nc(CC(=O)CS)sc2c1.Cc1cccc(CC(=O)CS)c1C#N.O=C(CS)Cc1cc(-c2ccccc2)n[nH]1.O=C(CS)Cc1ccc(CO)cc1.O=C(CS)Cc1ccc2c(c1)CCC2.O=C(CS)Cc1ncccc1OCc1ccccc1. The molecule has 31 heteroatoms. The van der Waals surface area contributed by atoms with Crippen LogP contribution in [0.3, 0.4) is 0 Å². The number of nitrogens with zero attached hydrogens (tertiary/aromatic N) is 4. The number of carbonyl (C=O) groups is 10. The first kappa shape index (κ1) is 106. The van der Waals surface area contributed by atoms with Crippen molar-refractivity contribution < 1.29 is 81.5 Å². The molecule has 0 radical (unpaired) electrons. The minimum atomic E-state index is -0.557. The maximum atomic E-state index is 11.6. The summed E-state index contributed by atoms with van der Waals surface area (Å²) in [5, 5.41) is 25.6. The molecule has 11 aromatic rings. The summed E-state index contributed by atoms with van der Waals surface area (Å²) in [7, 11) is 7.31. The van der Waals surface area contributed by atoms with Gasteiger partial charge in [0.25, 0.3) is 0 Å². The van der Waals surface area contributed by atoms with Crippen LogP contribution in [0.5, 0.6) is 23.0 Å². The van der Waals surface area contributed by atoms with Gasteiger partial charge >= 0.3 is 11.9 Å². The number of rotatable bonds is 34. The molecule has 22 nitrogen and oxygen atoms in total. The molecule has 126 heavy (non-hydrogen) atoms. The summed E-state index contributed by atoms with van der Waals surface area (Å²) in [6.45, 7) is 2.38. The van der Waals surface area contributed by atoms with Crippen LogP contribution in [0.4, 0.5) is 0 Å². The first-order chi connectivity index (χ1) is 60.8. The molecule has 1 aliphatic carbocycles. The number of Topliss-reactive ketones (excluding diaryl/α,β-unsaturated/α-hetero) is 8. The van der Waals surface area contributed by atoms with Crippen molar-refractivity contribution in [1.82, 2.24) is 20.2 Å².